The van der Waals surface area contributed by atoms with Crippen molar-refractivity contribution in [3.63, 3.8) is 0 Å². The van der Waals surface area contributed by atoms with E-state index in [4.69, 9.17) is 37.0 Å². The molecule has 0 aromatic rings. The van der Waals surface area contributed by atoms with Crippen molar-refractivity contribution in [2.75, 3.05) is 39.6 Å². The fourth-order valence-corrected chi connectivity index (χ4v) is 14.8. The van der Waals surface area contributed by atoms with E-state index in [1.54, 1.807) is 0 Å². The molecule has 0 rings (SSSR count). The van der Waals surface area contributed by atoms with E-state index in [0.717, 1.165) is 108 Å². The molecular weight excluding hydrogens is 1350 g/mol. The Kier molecular flexibility index (Phi) is 75.0. The first-order chi connectivity index (χ1) is 50.4. The largest absolute Gasteiger partial charge is 0.472 e. The van der Waals surface area contributed by atoms with Gasteiger partial charge in [-0.2, -0.15) is 0 Å². The topological polar surface area (TPSA) is 237 Å². The highest BCUT2D eigenvalue weighted by atomic mass is 31.2. The predicted octanol–water partition coefficient (Wildman–Crippen LogP) is 25.8. The average molecular weight is 1520 g/mol. The molecule has 104 heavy (non-hydrogen) atoms. The van der Waals surface area contributed by atoms with Crippen molar-refractivity contribution in [2.45, 2.75) is 471 Å². The zero-order chi connectivity index (χ0) is 76.4. The smallest absolute Gasteiger partial charge is 0.462 e. The lowest BCUT2D eigenvalue weighted by atomic mass is 10.0. The summed E-state index contributed by atoms with van der Waals surface area (Å²) in [6.07, 6.45) is 68.6. The van der Waals surface area contributed by atoms with E-state index >= 15 is 0 Å². The monoisotopic (exact) mass is 1520 g/mol. The van der Waals surface area contributed by atoms with E-state index in [0.29, 0.717) is 25.7 Å². The minimum atomic E-state index is -4.96. The summed E-state index contributed by atoms with van der Waals surface area (Å²) < 4.78 is 68.6. The minimum absolute atomic E-state index is 0.107. The maximum atomic E-state index is 13.1. The predicted molar refractivity (Wildman–Crippen MR) is 428 cm³/mol. The lowest BCUT2D eigenvalue weighted by molar-refractivity contribution is -0.161. The first-order valence-corrected chi connectivity index (χ1v) is 47.0. The van der Waals surface area contributed by atoms with E-state index in [2.05, 4.69) is 41.5 Å². The molecule has 2 unspecified atom stereocenters. The summed E-state index contributed by atoms with van der Waals surface area (Å²) in [4.78, 5) is 72.9. The van der Waals surface area contributed by atoms with E-state index in [1.165, 1.54) is 263 Å². The van der Waals surface area contributed by atoms with Gasteiger partial charge in [0, 0.05) is 25.7 Å². The highest BCUT2D eigenvalue weighted by Gasteiger charge is 2.30. The zero-order valence-corrected chi connectivity index (χ0v) is 70.1. The van der Waals surface area contributed by atoms with Crippen LogP contribution in [0, 0.1) is 11.8 Å². The van der Waals surface area contributed by atoms with Crippen LogP contribution in [0.3, 0.4) is 0 Å². The molecule has 618 valence electrons. The van der Waals surface area contributed by atoms with Crippen molar-refractivity contribution in [3.8, 4) is 0 Å². The second kappa shape index (κ2) is 76.4. The van der Waals surface area contributed by atoms with Gasteiger partial charge in [-0.1, -0.05) is 401 Å². The third kappa shape index (κ3) is 78.2. The normalized spacial score (nSPS) is 13.8. The van der Waals surface area contributed by atoms with Gasteiger partial charge >= 0.3 is 39.5 Å². The van der Waals surface area contributed by atoms with Crippen LogP contribution in [0.2, 0.25) is 0 Å². The Hall–Kier alpha value is -1.94. The van der Waals surface area contributed by atoms with E-state index in [-0.39, 0.29) is 25.7 Å². The number of hydrogen-bond acceptors (Lipinski definition) is 15. The Labute approximate surface area is 638 Å². The number of rotatable bonds is 84. The molecule has 0 aromatic carbocycles. The Balaban J connectivity index is 5.10. The molecular formula is C85H166O17P2. The number of phosphoric ester groups is 2. The summed E-state index contributed by atoms with van der Waals surface area (Å²) in [7, 11) is -9.91. The van der Waals surface area contributed by atoms with Crippen LogP contribution in [0.15, 0.2) is 0 Å². The van der Waals surface area contributed by atoms with Crippen LogP contribution in [0.1, 0.15) is 452 Å². The molecule has 5 atom stereocenters. The van der Waals surface area contributed by atoms with Gasteiger partial charge in [0.25, 0.3) is 0 Å². The molecule has 0 radical (unpaired) electrons. The van der Waals surface area contributed by atoms with Gasteiger partial charge < -0.3 is 33.8 Å². The maximum absolute atomic E-state index is 13.1. The van der Waals surface area contributed by atoms with Gasteiger partial charge in [0.05, 0.1) is 26.4 Å². The van der Waals surface area contributed by atoms with Crippen LogP contribution in [0.25, 0.3) is 0 Å². The lowest BCUT2D eigenvalue weighted by Crippen LogP contribution is -2.30. The number of ether oxygens (including phenoxy) is 4. The summed E-state index contributed by atoms with van der Waals surface area (Å²) in [5.74, 6) is -0.492. The van der Waals surface area contributed by atoms with E-state index in [1.807, 2.05) is 0 Å². The molecule has 0 fully saturated rings. The summed E-state index contributed by atoms with van der Waals surface area (Å²) >= 11 is 0. The van der Waals surface area contributed by atoms with Gasteiger partial charge in [0.1, 0.15) is 19.3 Å². The molecule has 0 heterocycles. The van der Waals surface area contributed by atoms with E-state index < -0.39 is 97.5 Å². The van der Waals surface area contributed by atoms with E-state index in [9.17, 15) is 43.2 Å². The fraction of sp³-hybridized carbons (Fsp3) is 0.953. The zero-order valence-electron chi connectivity index (χ0n) is 68.3. The molecule has 0 aliphatic carbocycles. The molecule has 0 saturated carbocycles. The first-order valence-electron chi connectivity index (χ1n) is 44.0. The summed E-state index contributed by atoms with van der Waals surface area (Å²) in [6.45, 7) is 9.63. The third-order valence-electron chi connectivity index (χ3n) is 20.0. The van der Waals surface area contributed by atoms with Gasteiger partial charge in [-0.25, -0.2) is 9.13 Å². The molecule has 0 bridgehead atoms. The number of hydrogen-bond donors (Lipinski definition) is 3. The number of phosphoric acid groups is 2. The van der Waals surface area contributed by atoms with Crippen molar-refractivity contribution >= 4 is 39.5 Å². The Bertz CT molecular complexity index is 1990. The standard InChI is InChI=1S/C85H166O17P2/c1-7-9-11-13-14-15-16-17-18-19-20-21-25-30-35-40-45-50-56-62-68-83(88)96-74-81(102-85(90)70-64-57-51-46-41-36-31-26-23-22-24-28-33-38-43-48-54-59-65-77(3)4)76-100-104(93,94)98-72-79(86)71-97-103(91,92)99-75-80(73-95-82(87)67-61-53-12-10-8-2)101-84(89)69-63-58-52-47-42-37-32-27-29-34-39-44-49-55-60-66-78(5)6/h77-81,86H,7-76H2,1-6H3,(H,91,92)(H,93,94)/t79-,80+,81+/m0/s1. The molecule has 0 aliphatic heterocycles. The SMILES string of the molecule is CCCCCCCCCCCCCCCCCCCCCCC(=O)OC[C@H](COP(=O)(O)OC[C@@H](O)COP(=O)(O)OC[C@@H](COC(=O)CCCCCCC)OC(=O)CCCCCCCCCCCCCCCCCC(C)C)OC(=O)CCCCCCCCCCCCCCCCCCCCC(C)C. The van der Waals surface area contributed by atoms with Crippen molar-refractivity contribution in [3.05, 3.63) is 0 Å². The highest BCUT2D eigenvalue weighted by molar-refractivity contribution is 7.47. The number of esters is 4. The van der Waals surface area contributed by atoms with Crippen LogP contribution in [0.4, 0.5) is 0 Å². The van der Waals surface area contributed by atoms with Gasteiger partial charge in [-0.15, -0.1) is 0 Å². The Morgan fingerprint density at radius 1 is 0.260 bits per heavy atom. The maximum Gasteiger partial charge on any atom is 0.472 e. The second-order valence-electron chi connectivity index (χ2n) is 31.5. The minimum Gasteiger partial charge on any atom is -0.462 e. The number of carbonyl (C=O) groups is 4. The van der Waals surface area contributed by atoms with Crippen molar-refractivity contribution < 1.29 is 80.2 Å². The van der Waals surface area contributed by atoms with Gasteiger partial charge in [-0.05, 0) is 37.5 Å². The lowest BCUT2D eigenvalue weighted by Gasteiger charge is -2.21. The van der Waals surface area contributed by atoms with Crippen LogP contribution in [0.5, 0.6) is 0 Å². The van der Waals surface area contributed by atoms with Crippen LogP contribution in [-0.2, 0) is 65.4 Å². The van der Waals surface area contributed by atoms with Gasteiger partial charge in [0.2, 0.25) is 0 Å². The summed E-state index contributed by atoms with van der Waals surface area (Å²) in [5.41, 5.74) is 0. The van der Waals surface area contributed by atoms with Crippen molar-refractivity contribution in [1.82, 2.24) is 0 Å². The fourth-order valence-electron chi connectivity index (χ4n) is 13.2. The Morgan fingerprint density at radius 3 is 0.654 bits per heavy atom. The second-order valence-corrected chi connectivity index (χ2v) is 34.4. The summed E-state index contributed by atoms with van der Waals surface area (Å²) in [6, 6.07) is 0. The number of carbonyl (C=O) groups excluding carboxylic acids is 4. The molecule has 17 nitrogen and oxygen atoms in total. The average Bonchev–Trinajstić information content (AvgIpc) is 0.904. The summed E-state index contributed by atoms with van der Waals surface area (Å²) in [5, 5.41) is 10.6. The van der Waals surface area contributed by atoms with Crippen LogP contribution >= 0.6 is 15.6 Å². The molecule has 0 amide bonds. The quantitative estimate of drug-likeness (QED) is 0.0222. The van der Waals surface area contributed by atoms with Gasteiger partial charge in [0.15, 0.2) is 12.2 Å². The van der Waals surface area contributed by atoms with Gasteiger partial charge in [-0.3, -0.25) is 37.3 Å². The molecule has 0 saturated heterocycles. The molecule has 3 N–H and O–H groups in total. The Morgan fingerprint density at radius 2 is 0.442 bits per heavy atom. The molecule has 19 heteroatoms. The molecule has 0 spiro atoms. The van der Waals surface area contributed by atoms with Crippen molar-refractivity contribution in [1.29, 1.82) is 0 Å². The van der Waals surface area contributed by atoms with Crippen LogP contribution in [-0.4, -0.2) is 96.7 Å². The third-order valence-corrected chi connectivity index (χ3v) is 21.9. The van der Waals surface area contributed by atoms with Crippen molar-refractivity contribution in [2.24, 2.45) is 11.8 Å². The number of aliphatic hydroxyl groups excluding tert-OH is 1. The number of unbranched alkanes of at least 4 members (excludes halogenated alkanes) is 54. The highest BCUT2D eigenvalue weighted by Crippen LogP contribution is 2.45. The molecule has 0 aliphatic rings. The first kappa shape index (κ1) is 102. The molecule has 0 aromatic heterocycles. The van der Waals surface area contributed by atoms with Crippen LogP contribution < -0.4 is 0 Å². The number of aliphatic hydroxyl groups is 1.